The van der Waals surface area contributed by atoms with Crippen LogP contribution in [0.5, 0.6) is 5.75 Å². The highest BCUT2D eigenvalue weighted by Gasteiger charge is 2.35. The van der Waals surface area contributed by atoms with Gasteiger partial charge in [-0.3, -0.25) is 9.48 Å². The van der Waals surface area contributed by atoms with Crippen molar-refractivity contribution in [2.75, 3.05) is 12.4 Å². The monoisotopic (exact) mass is 534 g/mol. The first kappa shape index (κ1) is 26.0. The van der Waals surface area contributed by atoms with Crippen molar-refractivity contribution < 1.29 is 22.7 Å². The van der Waals surface area contributed by atoms with Gasteiger partial charge in [0.15, 0.2) is 17.0 Å². The topological polar surface area (TPSA) is 86.3 Å². The number of alkyl halides is 3. The molecule has 5 rings (SSSR count). The molecule has 0 bridgehead atoms. The summed E-state index contributed by atoms with van der Waals surface area (Å²) in [5.41, 5.74) is 3.14. The minimum atomic E-state index is -4.73. The van der Waals surface area contributed by atoms with E-state index >= 15 is 0 Å². The van der Waals surface area contributed by atoms with Crippen LogP contribution >= 0.6 is 0 Å². The van der Waals surface area contributed by atoms with Crippen LogP contribution in [0.15, 0.2) is 60.7 Å². The maximum atomic E-state index is 14.0. The number of ether oxygens (including phenoxy) is 1. The summed E-state index contributed by atoms with van der Waals surface area (Å²) in [4.78, 5) is 17.5. The molecule has 0 spiro atoms. The number of rotatable bonds is 6. The van der Waals surface area contributed by atoms with E-state index in [0.717, 1.165) is 17.2 Å². The number of aromatic nitrogens is 5. The summed E-state index contributed by atoms with van der Waals surface area (Å²) in [6, 6.07) is 16.6. The van der Waals surface area contributed by atoms with Crippen molar-refractivity contribution in [1.29, 1.82) is 0 Å². The first-order valence-corrected chi connectivity index (χ1v) is 12.1. The van der Waals surface area contributed by atoms with Crippen molar-refractivity contribution in [3.8, 4) is 17.0 Å². The molecule has 8 nitrogen and oxygen atoms in total. The molecule has 2 aromatic carbocycles. The number of carbonyl (C=O) groups excluding carboxylic acids is 1. The number of hydrogen-bond acceptors (Lipinski definition) is 5. The Balaban J connectivity index is 1.47. The molecule has 0 saturated heterocycles. The fourth-order valence-electron chi connectivity index (χ4n) is 4.39. The fraction of sp³-hybridized carbons (Fsp3) is 0.214. The smallest absolute Gasteiger partial charge is 0.433 e. The van der Waals surface area contributed by atoms with E-state index < -0.39 is 17.8 Å². The van der Waals surface area contributed by atoms with Gasteiger partial charge in [0.1, 0.15) is 5.75 Å². The second-order valence-corrected chi connectivity index (χ2v) is 9.20. The van der Waals surface area contributed by atoms with Gasteiger partial charge in [0, 0.05) is 11.6 Å². The number of anilines is 1. The van der Waals surface area contributed by atoms with Gasteiger partial charge >= 0.3 is 6.18 Å². The number of fused-ring (bicyclic) bond motifs is 1. The zero-order chi connectivity index (χ0) is 27.9. The molecule has 1 amide bonds. The Hall–Kier alpha value is -4.67. The van der Waals surface area contributed by atoms with Crippen LogP contribution in [0.3, 0.4) is 0 Å². The molecule has 0 atom stereocenters. The molecule has 0 aliphatic carbocycles. The molecule has 0 saturated carbocycles. The van der Waals surface area contributed by atoms with Gasteiger partial charge in [-0.25, -0.2) is 9.50 Å². The molecular formula is C28H25F3N6O2. The standard InChI is InChI=1S/C28H25F3N6O2/c1-16-6-5-7-19(12-16)15-36-18(3)26(17(2)34-36)33-27(38)23-14-25-32-22(20-8-10-21(39-4)11-9-20)13-24(28(29,30)31)37(25)35-23/h5-14H,15H2,1-4H3,(H,33,38). The number of hydrogen-bond donors (Lipinski definition) is 1. The lowest BCUT2D eigenvalue weighted by molar-refractivity contribution is -0.142. The van der Waals surface area contributed by atoms with Crippen LogP contribution in [0.2, 0.25) is 0 Å². The van der Waals surface area contributed by atoms with E-state index in [2.05, 4.69) is 26.6 Å². The molecule has 39 heavy (non-hydrogen) atoms. The maximum absolute atomic E-state index is 14.0. The minimum absolute atomic E-state index is 0.0912. The third-order valence-corrected chi connectivity index (χ3v) is 6.37. The van der Waals surface area contributed by atoms with Crippen LogP contribution in [-0.4, -0.2) is 37.4 Å². The van der Waals surface area contributed by atoms with Crippen LogP contribution in [0, 0.1) is 20.8 Å². The quantitative estimate of drug-likeness (QED) is 0.296. The molecule has 3 heterocycles. The van der Waals surface area contributed by atoms with Gasteiger partial charge in [-0.05, 0) is 56.7 Å². The van der Waals surface area contributed by atoms with E-state index in [1.807, 2.05) is 32.0 Å². The van der Waals surface area contributed by atoms with Crippen molar-refractivity contribution in [2.24, 2.45) is 0 Å². The molecule has 0 radical (unpaired) electrons. The summed E-state index contributed by atoms with van der Waals surface area (Å²) in [5, 5.41) is 11.3. The molecule has 1 N–H and O–H groups in total. The highest BCUT2D eigenvalue weighted by Crippen LogP contribution is 2.33. The largest absolute Gasteiger partial charge is 0.497 e. The lowest BCUT2D eigenvalue weighted by Crippen LogP contribution is -2.16. The van der Waals surface area contributed by atoms with Crippen molar-refractivity contribution in [3.05, 3.63) is 94.6 Å². The lowest BCUT2D eigenvalue weighted by atomic mass is 10.1. The maximum Gasteiger partial charge on any atom is 0.433 e. The van der Waals surface area contributed by atoms with Gasteiger partial charge < -0.3 is 10.1 Å². The summed E-state index contributed by atoms with van der Waals surface area (Å²) in [5.74, 6) is -0.104. The van der Waals surface area contributed by atoms with Crippen LogP contribution in [0.1, 0.15) is 38.7 Å². The van der Waals surface area contributed by atoms with E-state index in [4.69, 9.17) is 4.74 Å². The molecule has 0 aliphatic rings. The zero-order valence-corrected chi connectivity index (χ0v) is 21.7. The first-order valence-electron chi connectivity index (χ1n) is 12.1. The zero-order valence-electron chi connectivity index (χ0n) is 21.7. The number of carbonyl (C=O) groups is 1. The normalized spacial score (nSPS) is 11.7. The van der Waals surface area contributed by atoms with Gasteiger partial charge in [-0.2, -0.15) is 23.4 Å². The van der Waals surface area contributed by atoms with Crippen LogP contribution in [0.25, 0.3) is 16.9 Å². The van der Waals surface area contributed by atoms with Crippen LogP contribution in [0.4, 0.5) is 18.9 Å². The van der Waals surface area contributed by atoms with Crippen molar-refractivity contribution in [1.82, 2.24) is 24.4 Å². The average Bonchev–Trinajstić information content (AvgIpc) is 3.44. The third-order valence-electron chi connectivity index (χ3n) is 6.37. The predicted octanol–water partition coefficient (Wildman–Crippen LogP) is 5.85. The highest BCUT2D eigenvalue weighted by atomic mass is 19.4. The Bertz CT molecular complexity index is 1690. The molecule has 0 unspecified atom stereocenters. The van der Waals surface area contributed by atoms with Gasteiger partial charge in [0.25, 0.3) is 5.91 Å². The van der Waals surface area contributed by atoms with E-state index in [1.54, 1.807) is 35.9 Å². The van der Waals surface area contributed by atoms with Crippen LogP contribution < -0.4 is 10.1 Å². The highest BCUT2D eigenvalue weighted by molar-refractivity contribution is 6.04. The average molecular weight is 535 g/mol. The number of nitrogens with one attached hydrogen (secondary N) is 1. The van der Waals surface area contributed by atoms with Gasteiger partial charge in [-0.1, -0.05) is 29.8 Å². The summed E-state index contributed by atoms with van der Waals surface area (Å²) in [7, 11) is 1.50. The Morgan fingerprint density at radius 1 is 1.00 bits per heavy atom. The van der Waals surface area contributed by atoms with Gasteiger partial charge in [0.05, 0.1) is 36.4 Å². The number of nitrogens with zero attached hydrogens (tertiary/aromatic N) is 5. The second-order valence-electron chi connectivity index (χ2n) is 9.20. The Labute approximate surface area is 222 Å². The number of benzene rings is 2. The van der Waals surface area contributed by atoms with E-state index in [9.17, 15) is 18.0 Å². The van der Waals surface area contributed by atoms with Gasteiger partial charge in [0.2, 0.25) is 0 Å². The number of halogens is 3. The lowest BCUT2D eigenvalue weighted by Gasteiger charge is -2.11. The number of aryl methyl sites for hydroxylation is 2. The van der Waals surface area contributed by atoms with Crippen molar-refractivity contribution in [2.45, 2.75) is 33.5 Å². The van der Waals surface area contributed by atoms with E-state index in [1.165, 1.54) is 13.2 Å². The number of amides is 1. The van der Waals surface area contributed by atoms with E-state index in [0.29, 0.717) is 39.4 Å². The van der Waals surface area contributed by atoms with Crippen molar-refractivity contribution >= 4 is 17.2 Å². The summed E-state index contributed by atoms with van der Waals surface area (Å²) >= 11 is 0. The Morgan fingerprint density at radius 3 is 2.41 bits per heavy atom. The summed E-state index contributed by atoms with van der Waals surface area (Å²) in [6.07, 6.45) is -4.73. The summed E-state index contributed by atoms with van der Waals surface area (Å²) < 4.78 is 49.5. The molecule has 3 aromatic heterocycles. The Morgan fingerprint density at radius 2 is 1.74 bits per heavy atom. The molecule has 0 fully saturated rings. The second kappa shape index (κ2) is 9.90. The summed E-state index contributed by atoms with van der Waals surface area (Å²) in [6.45, 7) is 6.08. The first-order chi connectivity index (χ1) is 18.5. The third kappa shape index (κ3) is 5.20. The van der Waals surface area contributed by atoms with Crippen molar-refractivity contribution in [3.63, 3.8) is 0 Å². The molecule has 11 heteroatoms. The molecule has 200 valence electrons. The Kier molecular flexibility index (Phi) is 6.59. The fourth-order valence-corrected chi connectivity index (χ4v) is 4.39. The molecule has 0 aliphatic heterocycles. The molecule has 5 aromatic rings. The van der Waals surface area contributed by atoms with E-state index in [-0.39, 0.29) is 17.0 Å². The van der Waals surface area contributed by atoms with Crippen LogP contribution in [-0.2, 0) is 12.7 Å². The predicted molar refractivity (Wildman–Crippen MR) is 140 cm³/mol. The molecular weight excluding hydrogens is 509 g/mol. The SMILES string of the molecule is COc1ccc(-c2cc(C(F)(F)F)n3nc(C(=O)Nc4c(C)nn(Cc5cccc(C)c5)c4C)cc3n2)cc1. The van der Waals surface area contributed by atoms with Gasteiger partial charge in [-0.15, -0.1) is 0 Å². The minimum Gasteiger partial charge on any atom is -0.497 e. The number of methoxy groups -OCH3 is 1.